The van der Waals surface area contributed by atoms with Crippen LogP contribution in [0.5, 0.6) is 0 Å². The Kier molecular flexibility index (Phi) is 8.15. The number of nitrogens with zero attached hydrogens (tertiary/aromatic N) is 1. The molecule has 0 aromatic heterocycles. The number of hydrogen-bond acceptors (Lipinski definition) is 2. The van der Waals surface area contributed by atoms with E-state index in [0.717, 1.165) is 32.5 Å². The third kappa shape index (κ3) is 6.58. The summed E-state index contributed by atoms with van der Waals surface area (Å²) in [6, 6.07) is 0. The van der Waals surface area contributed by atoms with Gasteiger partial charge in [-0.3, -0.25) is 4.79 Å². The number of rotatable bonds is 6. The molecular formula is C16H31NO2Si. The summed E-state index contributed by atoms with van der Waals surface area (Å²) in [7, 11) is -1.64. The van der Waals surface area contributed by atoms with E-state index in [1.54, 1.807) is 4.90 Å². The van der Waals surface area contributed by atoms with Crippen molar-refractivity contribution in [3.63, 3.8) is 0 Å². The van der Waals surface area contributed by atoms with Crippen molar-refractivity contribution in [1.29, 1.82) is 0 Å². The lowest BCUT2D eigenvalue weighted by molar-refractivity contribution is -0.124. The predicted molar refractivity (Wildman–Crippen MR) is 88.1 cm³/mol. The fourth-order valence-electron chi connectivity index (χ4n) is 1.43. The molecule has 0 atom stereocenters. The lowest BCUT2D eigenvalue weighted by Crippen LogP contribution is -2.40. The van der Waals surface area contributed by atoms with Gasteiger partial charge >= 0.3 is 0 Å². The Morgan fingerprint density at radius 1 is 1.20 bits per heavy atom. The van der Waals surface area contributed by atoms with Crippen molar-refractivity contribution < 1.29 is 9.22 Å². The monoisotopic (exact) mass is 297 g/mol. The summed E-state index contributed by atoms with van der Waals surface area (Å²) in [5.74, 6) is 5.59. The Morgan fingerprint density at radius 2 is 1.75 bits per heavy atom. The summed E-state index contributed by atoms with van der Waals surface area (Å²) in [5, 5.41) is 0.247. The van der Waals surface area contributed by atoms with Gasteiger partial charge in [0.1, 0.15) is 0 Å². The largest absolute Gasteiger partial charge is 0.417 e. The van der Waals surface area contributed by atoms with Gasteiger partial charge in [0.05, 0.1) is 0 Å². The van der Waals surface area contributed by atoms with E-state index in [0.29, 0.717) is 0 Å². The van der Waals surface area contributed by atoms with Crippen LogP contribution in [0.4, 0.5) is 0 Å². The topological polar surface area (TPSA) is 29.5 Å². The van der Waals surface area contributed by atoms with Gasteiger partial charge in [-0.1, -0.05) is 26.7 Å². The van der Waals surface area contributed by atoms with Gasteiger partial charge in [-0.15, -0.1) is 0 Å². The van der Waals surface area contributed by atoms with Gasteiger partial charge in [0.25, 0.3) is 5.91 Å². The summed E-state index contributed by atoms with van der Waals surface area (Å²) in [6.07, 6.45) is 1.62. The first-order chi connectivity index (χ1) is 9.15. The van der Waals surface area contributed by atoms with Gasteiger partial charge in [-0.05, 0) is 44.3 Å². The van der Waals surface area contributed by atoms with Gasteiger partial charge in [-0.2, -0.15) is 0 Å². The molecule has 20 heavy (non-hydrogen) atoms. The van der Waals surface area contributed by atoms with E-state index >= 15 is 0 Å². The van der Waals surface area contributed by atoms with Crippen molar-refractivity contribution in [2.24, 2.45) is 0 Å². The van der Waals surface area contributed by atoms with Crippen LogP contribution >= 0.6 is 0 Å². The van der Waals surface area contributed by atoms with Crippen molar-refractivity contribution in [2.75, 3.05) is 19.7 Å². The van der Waals surface area contributed by atoms with Crippen LogP contribution in [0.2, 0.25) is 18.1 Å². The molecule has 4 heteroatoms. The summed E-state index contributed by atoms with van der Waals surface area (Å²) < 4.78 is 6.07. The average Bonchev–Trinajstić information content (AvgIpc) is 2.33. The Hall–Kier alpha value is -0.793. The van der Waals surface area contributed by atoms with Gasteiger partial charge in [0.15, 0.2) is 8.32 Å². The number of amides is 1. The molecule has 0 aliphatic carbocycles. The zero-order valence-corrected chi connectivity index (χ0v) is 15.3. The Labute approximate surface area is 126 Å². The standard InChI is InChI=1S/C16H31NO2Si/c1-8-17(9-2)15(18)13-11-10-12-14-19-20(6,7)16(3,4)5/h8-10,12,14H2,1-7H3. The van der Waals surface area contributed by atoms with Crippen LogP contribution in [0.25, 0.3) is 0 Å². The normalized spacial score (nSPS) is 11.8. The molecule has 0 aromatic carbocycles. The lowest BCUT2D eigenvalue weighted by atomic mass is 10.2. The van der Waals surface area contributed by atoms with Crippen LogP contribution in [-0.2, 0) is 9.22 Å². The first-order valence-electron chi connectivity index (χ1n) is 7.57. The number of unbranched alkanes of at least 4 members (excludes halogenated alkanes) is 1. The van der Waals surface area contributed by atoms with Crippen molar-refractivity contribution in [2.45, 2.75) is 65.6 Å². The van der Waals surface area contributed by atoms with Crippen LogP contribution in [0.1, 0.15) is 47.5 Å². The summed E-state index contributed by atoms with van der Waals surface area (Å²) in [4.78, 5) is 13.4. The summed E-state index contributed by atoms with van der Waals surface area (Å²) in [6.45, 7) is 17.3. The maximum absolute atomic E-state index is 11.7. The summed E-state index contributed by atoms with van der Waals surface area (Å²) >= 11 is 0. The molecule has 0 saturated carbocycles. The van der Waals surface area contributed by atoms with Gasteiger partial charge < -0.3 is 9.33 Å². The van der Waals surface area contributed by atoms with E-state index in [2.05, 4.69) is 45.7 Å². The minimum absolute atomic E-state index is 0.0692. The van der Waals surface area contributed by atoms with E-state index in [-0.39, 0.29) is 10.9 Å². The van der Waals surface area contributed by atoms with Gasteiger partial charge in [0.2, 0.25) is 0 Å². The quantitative estimate of drug-likeness (QED) is 0.425. The minimum Gasteiger partial charge on any atom is -0.417 e. The highest BCUT2D eigenvalue weighted by molar-refractivity contribution is 6.74. The fraction of sp³-hybridized carbons (Fsp3) is 0.812. The molecule has 0 unspecified atom stereocenters. The molecule has 0 saturated heterocycles. The first kappa shape index (κ1) is 19.2. The Balaban J connectivity index is 4.03. The summed E-state index contributed by atoms with van der Waals surface area (Å²) in [5.41, 5.74) is 0. The molecule has 0 radical (unpaired) electrons. The SMILES string of the molecule is CCN(CC)C(=O)C#CCCCO[Si](C)(C)C(C)(C)C. The first-order valence-corrected chi connectivity index (χ1v) is 10.5. The molecule has 1 amide bonds. The molecule has 0 N–H and O–H groups in total. The van der Waals surface area contributed by atoms with Gasteiger partial charge in [0, 0.05) is 26.1 Å². The lowest BCUT2D eigenvalue weighted by Gasteiger charge is -2.36. The average molecular weight is 298 g/mol. The second kappa shape index (κ2) is 8.48. The van der Waals surface area contributed by atoms with E-state index in [4.69, 9.17) is 4.43 Å². The Morgan fingerprint density at radius 3 is 2.20 bits per heavy atom. The molecule has 0 aliphatic heterocycles. The molecule has 0 rings (SSSR count). The van der Waals surface area contributed by atoms with Crippen molar-refractivity contribution in [3.05, 3.63) is 0 Å². The molecule has 116 valence electrons. The highest BCUT2D eigenvalue weighted by atomic mass is 28.4. The van der Waals surface area contributed by atoms with E-state index in [1.165, 1.54) is 0 Å². The van der Waals surface area contributed by atoms with Crippen LogP contribution in [0.15, 0.2) is 0 Å². The van der Waals surface area contributed by atoms with Crippen LogP contribution < -0.4 is 0 Å². The van der Waals surface area contributed by atoms with Crippen LogP contribution in [0.3, 0.4) is 0 Å². The Bertz CT molecular complexity index is 357. The number of carbonyl (C=O) groups is 1. The molecule has 0 fully saturated rings. The second-order valence-electron chi connectivity index (χ2n) is 6.49. The van der Waals surface area contributed by atoms with E-state index in [9.17, 15) is 4.79 Å². The molecule has 0 spiro atoms. The fourth-order valence-corrected chi connectivity index (χ4v) is 2.52. The van der Waals surface area contributed by atoms with Gasteiger partial charge in [-0.25, -0.2) is 0 Å². The smallest absolute Gasteiger partial charge is 0.298 e. The molecule has 0 bridgehead atoms. The third-order valence-corrected chi connectivity index (χ3v) is 8.50. The second-order valence-corrected chi connectivity index (χ2v) is 11.3. The maximum Gasteiger partial charge on any atom is 0.298 e. The zero-order valence-electron chi connectivity index (χ0n) is 14.3. The molecule has 3 nitrogen and oxygen atoms in total. The number of hydrogen-bond donors (Lipinski definition) is 0. The van der Waals surface area contributed by atoms with E-state index < -0.39 is 8.32 Å². The van der Waals surface area contributed by atoms with Crippen molar-refractivity contribution >= 4 is 14.2 Å². The molecule has 0 aromatic rings. The van der Waals surface area contributed by atoms with Crippen LogP contribution in [-0.4, -0.2) is 38.8 Å². The third-order valence-electron chi connectivity index (χ3n) is 3.96. The highest BCUT2D eigenvalue weighted by Crippen LogP contribution is 2.36. The predicted octanol–water partition coefficient (Wildman–Crippen LogP) is 3.66. The van der Waals surface area contributed by atoms with Crippen molar-refractivity contribution in [1.82, 2.24) is 4.90 Å². The zero-order chi connectivity index (χ0) is 15.8. The van der Waals surface area contributed by atoms with E-state index in [1.807, 2.05) is 13.8 Å². The maximum atomic E-state index is 11.7. The minimum atomic E-state index is -1.64. The highest BCUT2D eigenvalue weighted by Gasteiger charge is 2.36. The van der Waals surface area contributed by atoms with Crippen LogP contribution in [0, 0.1) is 11.8 Å². The number of carbonyl (C=O) groups excluding carboxylic acids is 1. The molecular weight excluding hydrogens is 266 g/mol. The van der Waals surface area contributed by atoms with Crippen molar-refractivity contribution in [3.8, 4) is 11.8 Å². The molecule has 0 aliphatic rings. The molecule has 0 heterocycles.